The van der Waals surface area contributed by atoms with Gasteiger partial charge in [-0.3, -0.25) is 5.32 Å². The fourth-order valence-electron chi connectivity index (χ4n) is 4.78. The molecule has 1 aromatic heterocycles. The Balaban J connectivity index is 1.60. The van der Waals surface area contributed by atoms with Crippen molar-refractivity contribution < 1.29 is 9.53 Å². The third kappa shape index (κ3) is 8.08. The van der Waals surface area contributed by atoms with Gasteiger partial charge in [0.1, 0.15) is 11.4 Å². The van der Waals surface area contributed by atoms with Crippen LogP contribution in [-0.4, -0.2) is 22.8 Å². The summed E-state index contributed by atoms with van der Waals surface area (Å²) in [6.07, 6.45) is 5.90. The second kappa shape index (κ2) is 12.1. The van der Waals surface area contributed by atoms with Crippen LogP contribution in [-0.2, 0) is 11.2 Å². The van der Waals surface area contributed by atoms with E-state index in [2.05, 4.69) is 28.8 Å². The van der Waals surface area contributed by atoms with Crippen molar-refractivity contribution in [2.75, 3.05) is 11.1 Å². The standard InChI is InChI=1S/C31H39N5O2/c1-31(2,3)38-30(37)35-27(23-12-7-8-13-23)20-28(33)36-29-18-22(16-21-10-5-4-6-11-21)17-26(34-29)24-14-9-15-25(32)19-24/h4-6,9-11,14-15,17-20,23,28H,7-8,12-13,16,32-33H2,1-3H3,(H,34,36)(H,35,37)/b27-20-. The number of benzene rings is 2. The van der Waals surface area contributed by atoms with Crippen molar-refractivity contribution in [3.8, 4) is 11.3 Å². The van der Waals surface area contributed by atoms with Gasteiger partial charge in [0.15, 0.2) is 0 Å². The summed E-state index contributed by atoms with van der Waals surface area (Å²) in [5, 5.41) is 6.30. The number of anilines is 2. The van der Waals surface area contributed by atoms with E-state index in [0.717, 1.165) is 54.6 Å². The molecule has 0 bridgehead atoms. The molecule has 1 fully saturated rings. The molecule has 1 unspecified atom stereocenters. The Morgan fingerprint density at radius 1 is 1.05 bits per heavy atom. The van der Waals surface area contributed by atoms with Crippen LogP contribution in [0.25, 0.3) is 11.3 Å². The molecule has 0 aliphatic heterocycles. The molecule has 1 aliphatic carbocycles. The molecule has 7 heteroatoms. The molecular weight excluding hydrogens is 474 g/mol. The van der Waals surface area contributed by atoms with Gasteiger partial charge in [-0.05, 0) is 87.4 Å². The van der Waals surface area contributed by atoms with Crippen LogP contribution in [0.5, 0.6) is 0 Å². The maximum absolute atomic E-state index is 12.6. The van der Waals surface area contributed by atoms with Crippen LogP contribution in [0.3, 0.4) is 0 Å². The molecule has 1 atom stereocenters. The fraction of sp³-hybridized carbons (Fsp3) is 0.355. The second-order valence-corrected chi connectivity index (χ2v) is 10.9. The van der Waals surface area contributed by atoms with E-state index in [1.807, 2.05) is 75.4 Å². The first kappa shape index (κ1) is 27.2. The number of allylic oxidation sites excluding steroid dienone is 1. The van der Waals surface area contributed by atoms with Gasteiger partial charge in [0.25, 0.3) is 0 Å². The summed E-state index contributed by atoms with van der Waals surface area (Å²) < 4.78 is 5.50. The molecule has 200 valence electrons. The maximum atomic E-state index is 12.6. The van der Waals surface area contributed by atoms with Gasteiger partial charge in [-0.2, -0.15) is 0 Å². The van der Waals surface area contributed by atoms with Crippen molar-refractivity contribution in [1.29, 1.82) is 0 Å². The number of nitrogens with zero attached hydrogens (tertiary/aromatic N) is 1. The maximum Gasteiger partial charge on any atom is 0.411 e. The Bertz CT molecular complexity index is 1260. The lowest BCUT2D eigenvalue weighted by Crippen LogP contribution is -2.36. The van der Waals surface area contributed by atoms with Crippen molar-refractivity contribution in [1.82, 2.24) is 10.3 Å². The number of pyridine rings is 1. The number of carbonyl (C=O) groups is 1. The smallest absolute Gasteiger partial charge is 0.411 e. The van der Waals surface area contributed by atoms with Gasteiger partial charge in [0.05, 0.1) is 11.9 Å². The summed E-state index contributed by atoms with van der Waals surface area (Å²) in [6.45, 7) is 5.56. The number of rotatable bonds is 8. The van der Waals surface area contributed by atoms with Crippen LogP contribution in [0.1, 0.15) is 57.6 Å². The Kier molecular flexibility index (Phi) is 8.69. The molecule has 1 saturated carbocycles. The monoisotopic (exact) mass is 513 g/mol. The van der Waals surface area contributed by atoms with Gasteiger partial charge >= 0.3 is 6.09 Å². The van der Waals surface area contributed by atoms with E-state index in [1.54, 1.807) is 0 Å². The number of alkyl carbamates (subject to hydrolysis) is 1. The number of nitrogens with two attached hydrogens (primary N) is 2. The Morgan fingerprint density at radius 3 is 2.47 bits per heavy atom. The number of ether oxygens (including phenoxy) is 1. The van der Waals surface area contributed by atoms with Crippen LogP contribution >= 0.6 is 0 Å². The Hall–Kier alpha value is -3.84. The molecule has 7 nitrogen and oxygen atoms in total. The molecule has 1 aliphatic rings. The predicted molar refractivity (Wildman–Crippen MR) is 154 cm³/mol. The zero-order valence-electron chi connectivity index (χ0n) is 22.5. The molecule has 0 saturated heterocycles. The molecule has 0 radical (unpaired) electrons. The lowest BCUT2D eigenvalue weighted by molar-refractivity contribution is 0.0540. The molecule has 0 spiro atoms. The van der Waals surface area contributed by atoms with Crippen LogP contribution < -0.4 is 22.1 Å². The fourth-order valence-corrected chi connectivity index (χ4v) is 4.78. The van der Waals surface area contributed by atoms with Gasteiger partial charge in [-0.15, -0.1) is 0 Å². The van der Waals surface area contributed by atoms with Gasteiger partial charge in [0.2, 0.25) is 0 Å². The zero-order valence-corrected chi connectivity index (χ0v) is 22.5. The van der Waals surface area contributed by atoms with Crippen LogP contribution in [0.15, 0.2) is 78.5 Å². The van der Waals surface area contributed by atoms with E-state index in [9.17, 15) is 4.79 Å². The summed E-state index contributed by atoms with van der Waals surface area (Å²) in [4.78, 5) is 17.4. The van der Waals surface area contributed by atoms with E-state index >= 15 is 0 Å². The highest BCUT2D eigenvalue weighted by Gasteiger charge is 2.24. The minimum Gasteiger partial charge on any atom is -0.444 e. The number of carbonyl (C=O) groups excluding carboxylic acids is 1. The minimum absolute atomic E-state index is 0.246. The summed E-state index contributed by atoms with van der Waals surface area (Å²) >= 11 is 0. The topological polar surface area (TPSA) is 115 Å². The summed E-state index contributed by atoms with van der Waals surface area (Å²) in [5.74, 6) is 0.901. The molecule has 2 aromatic carbocycles. The van der Waals surface area contributed by atoms with Crippen LogP contribution in [0, 0.1) is 5.92 Å². The molecule has 38 heavy (non-hydrogen) atoms. The van der Waals surface area contributed by atoms with Gasteiger partial charge in [-0.25, -0.2) is 9.78 Å². The number of hydrogen-bond donors (Lipinski definition) is 4. The first-order valence-corrected chi connectivity index (χ1v) is 13.3. The van der Waals surface area contributed by atoms with Gasteiger partial charge in [-0.1, -0.05) is 55.3 Å². The number of nitrogen functional groups attached to an aromatic ring is 1. The van der Waals surface area contributed by atoms with E-state index in [1.165, 1.54) is 5.56 Å². The number of hydrogen-bond acceptors (Lipinski definition) is 6. The third-order valence-corrected chi connectivity index (χ3v) is 6.43. The molecule has 3 aromatic rings. The molecular formula is C31H39N5O2. The Morgan fingerprint density at radius 2 is 1.79 bits per heavy atom. The average Bonchev–Trinajstić information content (AvgIpc) is 3.38. The van der Waals surface area contributed by atoms with Crippen LogP contribution in [0.4, 0.5) is 16.3 Å². The van der Waals surface area contributed by atoms with Crippen molar-refractivity contribution in [2.24, 2.45) is 11.7 Å². The van der Waals surface area contributed by atoms with Crippen molar-refractivity contribution in [3.05, 3.63) is 89.6 Å². The van der Waals surface area contributed by atoms with Crippen LogP contribution in [0.2, 0.25) is 0 Å². The summed E-state index contributed by atoms with van der Waals surface area (Å²) in [7, 11) is 0. The van der Waals surface area contributed by atoms with E-state index in [4.69, 9.17) is 21.2 Å². The number of aromatic nitrogens is 1. The highest BCUT2D eigenvalue weighted by Crippen LogP contribution is 2.30. The van der Waals surface area contributed by atoms with Crippen molar-refractivity contribution in [3.63, 3.8) is 0 Å². The quantitative estimate of drug-likeness (QED) is 0.210. The first-order valence-electron chi connectivity index (χ1n) is 13.3. The van der Waals surface area contributed by atoms with E-state index < -0.39 is 17.9 Å². The normalized spacial score (nSPS) is 15.2. The zero-order chi connectivity index (χ0) is 27.1. The van der Waals surface area contributed by atoms with Crippen molar-refractivity contribution >= 4 is 17.6 Å². The SMILES string of the molecule is CC(C)(C)OC(=O)N/C(=C\C(N)Nc1cc(Cc2ccccc2)cc(-c2cccc(N)c2)n1)C1CCCC1. The molecule has 1 amide bonds. The van der Waals surface area contributed by atoms with Crippen molar-refractivity contribution in [2.45, 2.75) is 64.6 Å². The van der Waals surface area contributed by atoms with E-state index in [0.29, 0.717) is 11.5 Å². The minimum atomic E-state index is -0.578. The highest BCUT2D eigenvalue weighted by molar-refractivity contribution is 5.70. The lowest BCUT2D eigenvalue weighted by atomic mass is 10.0. The Labute approximate surface area is 225 Å². The third-order valence-electron chi connectivity index (χ3n) is 6.43. The molecule has 6 N–H and O–H groups in total. The number of amides is 1. The van der Waals surface area contributed by atoms with Gasteiger partial charge < -0.3 is 21.5 Å². The molecule has 1 heterocycles. The lowest BCUT2D eigenvalue weighted by Gasteiger charge is -2.23. The van der Waals surface area contributed by atoms with E-state index in [-0.39, 0.29) is 5.92 Å². The summed E-state index contributed by atoms with van der Waals surface area (Å²) in [5.41, 5.74) is 17.6. The first-order chi connectivity index (χ1) is 18.1. The summed E-state index contributed by atoms with van der Waals surface area (Å²) in [6, 6.07) is 22.1. The molecule has 4 rings (SSSR count). The van der Waals surface area contributed by atoms with Gasteiger partial charge in [0, 0.05) is 16.9 Å². The number of nitrogens with one attached hydrogen (secondary N) is 2. The highest BCUT2D eigenvalue weighted by atomic mass is 16.6. The predicted octanol–water partition coefficient (Wildman–Crippen LogP) is 6.22. The average molecular weight is 514 g/mol. The second-order valence-electron chi connectivity index (χ2n) is 10.9. The largest absolute Gasteiger partial charge is 0.444 e.